The molecular formula is C17H16N2O4S. The second kappa shape index (κ2) is 8.07. The third kappa shape index (κ3) is 5.06. The molecule has 0 aliphatic rings. The molecule has 0 unspecified atom stereocenters. The fraction of sp³-hybridized carbons (Fsp3) is 0.118. The van der Waals surface area contributed by atoms with Crippen LogP contribution in [0.25, 0.3) is 6.08 Å². The highest BCUT2D eigenvalue weighted by atomic mass is 32.1. The summed E-state index contributed by atoms with van der Waals surface area (Å²) in [5.74, 6) is 0.547. The Kier molecular flexibility index (Phi) is 5.86. The van der Waals surface area contributed by atoms with Crippen molar-refractivity contribution in [3.05, 3.63) is 59.6 Å². The van der Waals surface area contributed by atoms with E-state index in [1.54, 1.807) is 36.4 Å². The molecule has 0 radical (unpaired) electrons. The summed E-state index contributed by atoms with van der Waals surface area (Å²) in [7, 11) is 1.32. The quantitative estimate of drug-likeness (QED) is 0.504. The van der Waals surface area contributed by atoms with Gasteiger partial charge < -0.3 is 14.5 Å². The Morgan fingerprint density at radius 3 is 2.46 bits per heavy atom. The van der Waals surface area contributed by atoms with Gasteiger partial charge in [-0.05, 0) is 61.6 Å². The summed E-state index contributed by atoms with van der Waals surface area (Å²) >= 11 is 5.06. The number of thiocarbonyl (C=S) groups is 1. The lowest BCUT2D eigenvalue weighted by Gasteiger charge is -2.08. The van der Waals surface area contributed by atoms with Gasteiger partial charge in [0.25, 0.3) is 0 Å². The molecule has 0 aliphatic heterocycles. The third-order valence-electron chi connectivity index (χ3n) is 2.96. The molecule has 0 fully saturated rings. The van der Waals surface area contributed by atoms with Crippen LogP contribution in [0.5, 0.6) is 0 Å². The van der Waals surface area contributed by atoms with Crippen LogP contribution in [0.4, 0.5) is 5.69 Å². The molecule has 24 heavy (non-hydrogen) atoms. The number of anilines is 1. The number of ether oxygens (including phenoxy) is 1. The summed E-state index contributed by atoms with van der Waals surface area (Å²) in [6, 6.07) is 10.1. The summed E-state index contributed by atoms with van der Waals surface area (Å²) < 4.78 is 9.94. The minimum Gasteiger partial charge on any atom is -0.465 e. The largest absolute Gasteiger partial charge is 0.465 e. The van der Waals surface area contributed by atoms with Gasteiger partial charge >= 0.3 is 5.97 Å². The van der Waals surface area contributed by atoms with Gasteiger partial charge in [0.2, 0.25) is 5.91 Å². The van der Waals surface area contributed by atoms with Crippen LogP contribution in [0.15, 0.2) is 46.9 Å². The topological polar surface area (TPSA) is 80.6 Å². The first kappa shape index (κ1) is 17.4. The number of furan rings is 1. The van der Waals surface area contributed by atoms with Crippen LogP contribution in [0.2, 0.25) is 0 Å². The molecule has 1 aromatic heterocycles. The molecule has 2 aromatic rings. The predicted octanol–water partition coefficient (Wildman–Crippen LogP) is 2.90. The van der Waals surface area contributed by atoms with Crippen LogP contribution in [0, 0.1) is 6.92 Å². The highest BCUT2D eigenvalue weighted by molar-refractivity contribution is 7.80. The molecule has 0 bridgehead atoms. The van der Waals surface area contributed by atoms with Crippen molar-refractivity contribution in [2.24, 2.45) is 0 Å². The average molecular weight is 344 g/mol. The summed E-state index contributed by atoms with van der Waals surface area (Å²) in [5, 5.41) is 5.51. The maximum atomic E-state index is 11.8. The van der Waals surface area contributed by atoms with Gasteiger partial charge in [-0.3, -0.25) is 10.1 Å². The van der Waals surface area contributed by atoms with Crippen molar-refractivity contribution in [2.75, 3.05) is 12.4 Å². The number of hydrogen-bond acceptors (Lipinski definition) is 5. The Balaban J connectivity index is 1.87. The van der Waals surface area contributed by atoms with Gasteiger partial charge in [0, 0.05) is 11.8 Å². The van der Waals surface area contributed by atoms with Crippen LogP contribution in [0.3, 0.4) is 0 Å². The van der Waals surface area contributed by atoms with E-state index in [0.717, 1.165) is 5.76 Å². The number of esters is 1. The predicted molar refractivity (Wildman–Crippen MR) is 94.6 cm³/mol. The van der Waals surface area contributed by atoms with Crippen molar-refractivity contribution in [1.29, 1.82) is 0 Å². The monoisotopic (exact) mass is 344 g/mol. The number of methoxy groups -OCH3 is 1. The van der Waals surface area contributed by atoms with Gasteiger partial charge in [0.05, 0.1) is 12.7 Å². The Hall–Kier alpha value is -2.93. The Labute approximate surface area is 144 Å². The number of amides is 1. The van der Waals surface area contributed by atoms with Crippen molar-refractivity contribution < 1.29 is 18.7 Å². The van der Waals surface area contributed by atoms with Crippen LogP contribution in [-0.4, -0.2) is 24.1 Å². The van der Waals surface area contributed by atoms with Gasteiger partial charge in [-0.25, -0.2) is 4.79 Å². The minimum absolute atomic E-state index is 0.145. The van der Waals surface area contributed by atoms with Crippen molar-refractivity contribution in [3.8, 4) is 0 Å². The smallest absolute Gasteiger partial charge is 0.337 e. The van der Waals surface area contributed by atoms with E-state index in [-0.39, 0.29) is 11.0 Å². The molecule has 1 aromatic carbocycles. The van der Waals surface area contributed by atoms with Crippen LogP contribution in [0.1, 0.15) is 21.9 Å². The number of carbonyl (C=O) groups excluding carboxylic acids is 2. The second-order valence-corrected chi connectivity index (χ2v) is 5.20. The minimum atomic E-state index is -0.421. The Morgan fingerprint density at radius 1 is 1.17 bits per heavy atom. The zero-order valence-corrected chi connectivity index (χ0v) is 14.0. The van der Waals surface area contributed by atoms with E-state index in [9.17, 15) is 9.59 Å². The molecule has 7 heteroatoms. The summed E-state index contributed by atoms with van der Waals surface area (Å²) in [4.78, 5) is 23.1. The Bertz CT molecular complexity index is 778. The summed E-state index contributed by atoms with van der Waals surface area (Å²) in [6.45, 7) is 1.82. The zero-order valence-electron chi connectivity index (χ0n) is 13.2. The van der Waals surface area contributed by atoms with Gasteiger partial charge in [-0.15, -0.1) is 0 Å². The summed E-state index contributed by atoms with van der Waals surface area (Å²) in [6.07, 6.45) is 2.88. The maximum absolute atomic E-state index is 11.8. The number of hydrogen-bond donors (Lipinski definition) is 2. The van der Waals surface area contributed by atoms with Crippen molar-refractivity contribution in [1.82, 2.24) is 5.32 Å². The first-order valence-corrected chi connectivity index (χ1v) is 7.43. The molecule has 0 atom stereocenters. The number of carbonyl (C=O) groups is 2. The number of nitrogens with one attached hydrogen (secondary N) is 2. The van der Waals surface area contributed by atoms with E-state index < -0.39 is 5.97 Å². The molecule has 0 saturated heterocycles. The highest BCUT2D eigenvalue weighted by Crippen LogP contribution is 2.10. The standard InChI is InChI=1S/C17H16N2O4S/c1-11-3-8-14(23-11)9-10-15(20)19-17(24)18-13-6-4-12(5-7-13)16(21)22-2/h3-10H,1-2H3,(H2,18,19,20,24)/b10-9+. The van der Waals surface area contributed by atoms with E-state index in [2.05, 4.69) is 15.4 Å². The van der Waals surface area contributed by atoms with E-state index in [4.69, 9.17) is 16.6 Å². The third-order valence-corrected chi connectivity index (χ3v) is 3.16. The van der Waals surface area contributed by atoms with Crippen molar-refractivity contribution in [3.63, 3.8) is 0 Å². The first-order valence-electron chi connectivity index (χ1n) is 7.03. The van der Waals surface area contributed by atoms with Gasteiger partial charge in [-0.2, -0.15) is 0 Å². The normalized spacial score (nSPS) is 10.4. The van der Waals surface area contributed by atoms with Crippen LogP contribution in [-0.2, 0) is 9.53 Å². The molecule has 1 heterocycles. The lowest BCUT2D eigenvalue weighted by molar-refractivity contribution is -0.115. The fourth-order valence-corrected chi connectivity index (χ4v) is 2.04. The molecule has 0 saturated carbocycles. The number of aryl methyl sites for hydroxylation is 1. The maximum Gasteiger partial charge on any atom is 0.337 e. The van der Waals surface area contributed by atoms with Gasteiger partial charge in [-0.1, -0.05) is 0 Å². The average Bonchev–Trinajstić information content (AvgIpc) is 2.98. The molecule has 6 nitrogen and oxygen atoms in total. The van der Waals surface area contributed by atoms with Crippen molar-refractivity contribution >= 4 is 41.0 Å². The van der Waals surface area contributed by atoms with Crippen LogP contribution >= 0.6 is 12.2 Å². The number of rotatable bonds is 4. The second-order valence-electron chi connectivity index (χ2n) is 4.79. The molecule has 0 aliphatic carbocycles. The van der Waals surface area contributed by atoms with E-state index >= 15 is 0 Å². The highest BCUT2D eigenvalue weighted by Gasteiger charge is 2.06. The Morgan fingerprint density at radius 2 is 1.88 bits per heavy atom. The van der Waals surface area contributed by atoms with E-state index in [1.807, 2.05) is 13.0 Å². The lowest BCUT2D eigenvalue weighted by atomic mass is 10.2. The zero-order chi connectivity index (χ0) is 17.5. The number of benzene rings is 1. The van der Waals surface area contributed by atoms with E-state index in [0.29, 0.717) is 17.0 Å². The summed E-state index contributed by atoms with van der Waals surface area (Å²) in [5.41, 5.74) is 1.06. The molecule has 124 valence electrons. The van der Waals surface area contributed by atoms with Gasteiger partial charge in [0.15, 0.2) is 5.11 Å². The molecular weight excluding hydrogens is 328 g/mol. The molecule has 0 spiro atoms. The van der Waals surface area contributed by atoms with Gasteiger partial charge in [0.1, 0.15) is 11.5 Å². The van der Waals surface area contributed by atoms with Crippen molar-refractivity contribution in [2.45, 2.75) is 6.92 Å². The lowest BCUT2D eigenvalue weighted by Crippen LogP contribution is -2.32. The SMILES string of the molecule is COC(=O)c1ccc(NC(=S)NC(=O)/C=C/c2ccc(C)o2)cc1. The first-order chi connectivity index (χ1) is 11.5. The fourth-order valence-electron chi connectivity index (χ4n) is 1.82. The van der Waals surface area contributed by atoms with E-state index in [1.165, 1.54) is 13.2 Å². The molecule has 2 N–H and O–H groups in total. The van der Waals surface area contributed by atoms with Crippen LogP contribution < -0.4 is 10.6 Å². The molecule has 1 amide bonds. The molecule has 2 rings (SSSR count).